The van der Waals surface area contributed by atoms with Crippen LogP contribution in [-0.2, 0) is 54.6 Å². The third-order valence-electron chi connectivity index (χ3n) is 25.0. The van der Waals surface area contributed by atoms with Crippen LogP contribution in [0.5, 0.6) is 0 Å². The quantitative estimate of drug-likeness (QED) is 0.0334. The van der Waals surface area contributed by atoms with Crippen LogP contribution in [0.3, 0.4) is 0 Å². The zero-order valence-electron chi connectivity index (χ0n) is 84.6. The molecule has 0 aliphatic carbocycles. The van der Waals surface area contributed by atoms with E-state index in [1.807, 2.05) is 105 Å². The van der Waals surface area contributed by atoms with E-state index in [4.69, 9.17) is 129 Å². The molecular formula is C96H131Cl5N36O11. The van der Waals surface area contributed by atoms with Crippen LogP contribution in [0.15, 0.2) is 68.8 Å². The highest BCUT2D eigenvalue weighted by atomic mass is 35.5. The molecule has 0 radical (unpaired) electrons. The molecule has 47 nitrogen and oxygen atoms in total. The van der Waals surface area contributed by atoms with Crippen molar-refractivity contribution in [1.82, 2.24) is 153 Å². The lowest BCUT2D eigenvalue weighted by atomic mass is 9.97. The van der Waals surface area contributed by atoms with Gasteiger partial charge in [-0.15, -0.1) is 0 Å². The van der Waals surface area contributed by atoms with E-state index in [0.29, 0.717) is 176 Å². The average Bonchev–Trinajstić information content (AvgIpc) is 1.59. The lowest BCUT2D eigenvalue weighted by Gasteiger charge is -2.33. The molecule has 7 aliphatic rings. The van der Waals surface area contributed by atoms with Gasteiger partial charge in [-0.3, -0.25) is 0 Å². The minimum Gasteiger partial charge on any atom is -0.444 e. The molecule has 148 heavy (non-hydrogen) atoms. The van der Waals surface area contributed by atoms with Crippen molar-refractivity contribution in [3.05, 3.63) is 95.0 Å². The van der Waals surface area contributed by atoms with E-state index in [1.165, 1.54) is 19.2 Å². The van der Waals surface area contributed by atoms with Gasteiger partial charge in [-0.1, -0.05) is 30.6 Å². The van der Waals surface area contributed by atoms with Gasteiger partial charge in [0, 0.05) is 165 Å². The number of carbonyl (C=O) groups is 4. The van der Waals surface area contributed by atoms with Gasteiger partial charge in [0.2, 0.25) is 45.6 Å². The Morgan fingerprint density at radius 1 is 0.365 bits per heavy atom. The number of aromatic amines is 1. The summed E-state index contributed by atoms with van der Waals surface area (Å²) in [5.74, 6) is 4.14. The molecule has 796 valence electrons. The molecule has 7 saturated heterocycles. The van der Waals surface area contributed by atoms with Crippen molar-refractivity contribution in [1.29, 1.82) is 0 Å². The summed E-state index contributed by atoms with van der Waals surface area (Å²) in [7, 11) is 0. The molecule has 7 aliphatic heterocycles. The Kier molecular flexibility index (Phi) is 37.3. The van der Waals surface area contributed by atoms with E-state index < -0.39 is 22.4 Å². The first-order chi connectivity index (χ1) is 70.2. The molecule has 52 heteroatoms. The number of amides is 4. The number of halogens is 5. The summed E-state index contributed by atoms with van der Waals surface area (Å²) < 4.78 is 40.9. The second kappa shape index (κ2) is 49.7. The molecule has 0 saturated carbocycles. The van der Waals surface area contributed by atoms with E-state index in [9.17, 15) is 19.2 Å². The summed E-state index contributed by atoms with van der Waals surface area (Å²) >= 11 is 29.4. The number of nitrogens with two attached hydrogens (primary N) is 3. The van der Waals surface area contributed by atoms with Gasteiger partial charge in [-0.25, -0.2) is 98.9 Å². The first-order valence-corrected chi connectivity index (χ1v) is 51.1. The van der Waals surface area contributed by atoms with E-state index in [2.05, 4.69) is 114 Å². The van der Waals surface area contributed by atoms with Gasteiger partial charge < -0.3 is 109 Å². The molecule has 0 bridgehead atoms. The Labute approximate surface area is 881 Å². The minimum absolute atomic E-state index is 0. The van der Waals surface area contributed by atoms with Crippen LogP contribution in [-0.4, -0.2) is 324 Å². The third-order valence-corrected chi connectivity index (χ3v) is 26.0. The number of imidazole rings is 5. The number of aromatic nitrogens is 26. The number of hydrogen-bond donors (Lipinski definition) is 6. The Morgan fingerprint density at radius 3 is 0.993 bits per heavy atom. The molecule has 0 spiro atoms. The fourth-order valence-electron chi connectivity index (χ4n) is 17.4. The Morgan fingerprint density at radius 2 is 0.655 bits per heavy atom. The number of likely N-dealkylation sites (tertiary alicyclic amines) is 4. The average molecular weight is 2140 g/mol. The van der Waals surface area contributed by atoms with Crippen molar-refractivity contribution in [2.24, 2.45) is 29.6 Å². The zero-order valence-corrected chi connectivity index (χ0v) is 88.4. The molecule has 0 aromatic carbocycles. The van der Waals surface area contributed by atoms with Gasteiger partial charge in [0.25, 0.3) is 0 Å². The first-order valence-electron chi connectivity index (χ1n) is 49.2. The number of nitrogens with zero attached hydrogens (tertiary/aromatic N) is 31. The Balaban J connectivity index is 0.000000144. The Bertz CT molecular complexity index is 6600. The summed E-state index contributed by atoms with van der Waals surface area (Å²) in [5, 5.41) is 13.3. The van der Waals surface area contributed by atoms with Crippen LogP contribution >= 0.6 is 58.0 Å². The number of fused-ring (bicyclic) bond motifs is 5. The fraction of sp³-hybridized carbons (Fsp3) is 0.573. The van der Waals surface area contributed by atoms with Crippen LogP contribution in [0.1, 0.15) is 155 Å². The summed E-state index contributed by atoms with van der Waals surface area (Å²) in [5.41, 5.74) is 25.9. The molecule has 20 rings (SSSR count). The van der Waals surface area contributed by atoms with Gasteiger partial charge in [0.1, 0.15) is 67.1 Å². The van der Waals surface area contributed by atoms with Crippen molar-refractivity contribution < 1.29 is 52.7 Å². The topological polar surface area (TPSA) is 560 Å². The van der Waals surface area contributed by atoms with Crippen LogP contribution < -0.4 is 32.3 Å². The number of H-pyrrole nitrogens is 1. The number of rotatable bonds is 14. The van der Waals surface area contributed by atoms with Crippen LogP contribution in [0.25, 0.3) is 89.6 Å². The van der Waals surface area contributed by atoms with Crippen molar-refractivity contribution in [3.8, 4) is 33.8 Å². The third kappa shape index (κ3) is 30.4. The summed E-state index contributed by atoms with van der Waals surface area (Å²) in [6.45, 7) is 39.1. The highest BCUT2D eigenvalue weighted by molar-refractivity contribution is 6.35. The predicted octanol–water partition coefficient (Wildman–Crippen LogP) is 13.9. The van der Waals surface area contributed by atoms with Crippen molar-refractivity contribution >= 4 is 168 Å². The molecular weight excluding hydrogens is 2010 g/mol. The number of morpholine rings is 2. The standard InChI is InChI=1S/C24H33N9O3.C20H25ClN8O2.C19H25N9O.C16H21Cl2N5O2.C11H21NO3.C5H2Cl2N4.CH4/c1-24(2,3)36-23(34)32-6-4-16(5-7-32)14-33-15-28-19-18(17-12-26-21(25)27-13-17)29-22(30-20(19)33)31-8-10-35-11-9-31;1-20(2,3)31-19(30)28-6-4-12(5-7-28)10-29-11-25-15-14(26-17(21)27-16(15)29)13-8-23-18(22)24-9-13;20-18-22-9-14(10-23-18)15-16-17(26-19(25-15)27-5-7-29-8-6-27)28(12-24-16)11-13-1-3-21-4-2-13;1-16(2,3)25-15(24)22-6-4-10(5-7-22)8-23-9-19-11-12(17)20-14(18)21-13(11)23;1-11(2,3)15-10(14)12-6-4-9(8-13)5-7-12;6-3-2-4(9-1-8-2)11-5(7)10-3;/h12-13,15-16H,4-11,14H2,1-3H3,(H2,25,26,27);8-9,11-12H,4-7,10H2,1-3H3,(H2,22,23,24);9-10,12-13,21H,1-8,11H2,(H2,20,22,23);9-10H,4-8H2,1-3H3;9,13H,4-8H2,1-3H3;1H,(H,8,9,10,11);1H4. The maximum Gasteiger partial charge on any atom is 0.410 e. The minimum atomic E-state index is -0.491. The second-order valence-electron chi connectivity index (χ2n) is 40.7. The van der Waals surface area contributed by atoms with E-state index >= 15 is 0 Å². The molecule has 0 atom stereocenters. The second-order valence-corrected chi connectivity index (χ2v) is 42.5. The van der Waals surface area contributed by atoms with Gasteiger partial charge in [0.15, 0.2) is 38.5 Å². The highest BCUT2D eigenvalue weighted by Gasteiger charge is 2.35. The molecule has 9 N–H and O–H groups in total. The number of piperidine rings is 5. The van der Waals surface area contributed by atoms with Gasteiger partial charge in [0.05, 0.1) is 58.1 Å². The number of ether oxygens (including phenoxy) is 6. The smallest absolute Gasteiger partial charge is 0.410 e. The molecule has 20 heterocycles. The molecule has 7 fully saturated rings. The Hall–Kier alpha value is -12.6. The number of aliphatic hydroxyl groups excluding tert-OH is 1. The molecule has 0 unspecified atom stereocenters. The van der Waals surface area contributed by atoms with Gasteiger partial charge in [-0.05, 0) is 225 Å². The van der Waals surface area contributed by atoms with Crippen molar-refractivity contribution in [3.63, 3.8) is 0 Å². The number of hydrogen-bond acceptors (Lipinski definition) is 38. The summed E-state index contributed by atoms with van der Waals surface area (Å²) in [6, 6.07) is 0. The lowest BCUT2D eigenvalue weighted by Crippen LogP contribution is -2.42. The van der Waals surface area contributed by atoms with Crippen molar-refractivity contribution in [2.45, 2.75) is 203 Å². The van der Waals surface area contributed by atoms with Crippen molar-refractivity contribution in [2.75, 3.05) is 152 Å². The highest BCUT2D eigenvalue weighted by Crippen LogP contribution is 2.36. The van der Waals surface area contributed by atoms with E-state index in [-0.39, 0.29) is 82.4 Å². The van der Waals surface area contributed by atoms with Gasteiger partial charge in [-0.2, -0.15) is 24.9 Å². The monoisotopic (exact) mass is 2140 g/mol. The molecule has 13 aromatic rings. The summed E-state index contributed by atoms with van der Waals surface area (Å²) in [6.07, 6.45) is 26.9. The normalized spacial score (nSPS) is 16.6. The number of anilines is 5. The molecule has 13 aromatic heterocycles. The zero-order chi connectivity index (χ0) is 105. The maximum absolute atomic E-state index is 12.4. The van der Waals surface area contributed by atoms with Crippen LogP contribution in [0, 0.1) is 29.6 Å². The number of nitrogen functional groups attached to an aromatic ring is 3. The van der Waals surface area contributed by atoms with Gasteiger partial charge >= 0.3 is 24.4 Å². The molecule has 4 amide bonds. The SMILES string of the molecule is C.CC(C)(C)OC(=O)N1CCC(CO)CC1.CC(C)(C)OC(=O)N1CCC(Cn2cnc3c(-c4cnc(N)nc4)nc(Cl)nc32)CC1.CC(C)(C)OC(=O)N1CCC(Cn2cnc3c(-c4cnc(N)nc4)nc(N4CCOCC4)nc32)CC1.CC(C)(C)OC(=O)N1CCC(Cn2cnc3c(Cl)nc(Cl)nc32)CC1.Clc1nc(Cl)c2[nH]cnc2n1.Nc1ncc(-c2nc(N3CCOCC3)nc3c2ncn3CC2CCNCC2)cn1. The maximum atomic E-state index is 12.4. The van der Waals surface area contributed by atoms with Crippen LogP contribution in [0.2, 0.25) is 26.2 Å². The fourth-order valence-corrected chi connectivity index (χ4v) is 18.5. The summed E-state index contributed by atoms with van der Waals surface area (Å²) in [4.78, 5) is 153. The largest absolute Gasteiger partial charge is 0.444 e. The van der Waals surface area contributed by atoms with E-state index in [1.54, 1.807) is 69.4 Å². The predicted molar refractivity (Wildman–Crippen MR) is 562 cm³/mol. The van der Waals surface area contributed by atoms with Crippen LogP contribution in [0.4, 0.5) is 48.9 Å². The first kappa shape index (κ1) is 111. The number of nitrogens with one attached hydrogen (secondary N) is 2. The number of aliphatic hydroxyl groups is 1. The lowest BCUT2D eigenvalue weighted by molar-refractivity contribution is 0.0153. The van der Waals surface area contributed by atoms with E-state index in [0.717, 1.165) is 150 Å². The number of carbonyl (C=O) groups excluding carboxylic acids is 4.